The molecule has 7 heteroatoms. The second kappa shape index (κ2) is 5.92. The molecule has 0 radical (unpaired) electrons. The Morgan fingerprint density at radius 2 is 2.21 bits per heavy atom. The summed E-state index contributed by atoms with van der Waals surface area (Å²) in [4.78, 5) is 17.9. The number of nitrogens with one attached hydrogen (secondary N) is 1. The minimum Gasteiger partial charge on any atom is -0.398 e. The summed E-state index contributed by atoms with van der Waals surface area (Å²) in [5.41, 5.74) is 8.08. The normalized spacial score (nSPS) is 11.6. The van der Waals surface area contributed by atoms with Gasteiger partial charge in [-0.3, -0.25) is 9.93 Å². The number of hydrogen-bond acceptors (Lipinski definition) is 5. The lowest BCUT2D eigenvalue weighted by atomic mass is 10.0. The van der Waals surface area contributed by atoms with Gasteiger partial charge in [-0.1, -0.05) is 29.6 Å². The van der Waals surface area contributed by atoms with E-state index in [9.17, 15) is 4.79 Å². The zero-order chi connectivity index (χ0) is 13.8. The van der Waals surface area contributed by atoms with Crippen molar-refractivity contribution in [3.8, 4) is 11.3 Å². The Morgan fingerprint density at radius 3 is 2.89 bits per heavy atom. The second-order valence-corrected chi connectivity index (χ2v) is 4.64. The third kappa shape index (κ3) is 3.17. The van der Waals surface area contributed by atoms with Crippen LogP contribution in [0, 0.1) is 0 Å². The van der Waals surface area contributed by atoms with Crippen LogP contribution in [0.2, 0.25) is 5.02 Å². The summed E-state index contributed by atoms with van der Waals surface area (Å²) < 4.78 is 0. The van der Waals surface area contributed by atoms with Crippen molar-refractivity contribution >= 4 is 29.2 Å². The standard InChI is InChI=1S/C12H11ClN4OS/c13-7-1-2-8(10(14)5-19-15)9(3-7)11-4-12(18)17-6-16-11/h1-6H,14-15H2,(H,16,17,18)/b10-5-. The average Bonchev–Trinajstić information content (AvgIpc) is 2.39. The van der Waals surface area contributed by atoms with Crippen LogP contribution in [0.5, 0.6) is 0 Å². The first kappa shape index (κ1) is 13.7. The van der Waals surface area contributed by atoms with Crippen molar-refractivity contribution in [2.45, 2.75) is 0 Å². The molecule has 2 aromatic rings. The monoisotopic (exact) mass is 294 g/mol. The molecular weight excluding hydrogens is 284 g/mol. The van der Waals surface area contributed by atoms with Gasteiger partial charge < -0.3 is 10.7 Å². The van der Waals surface area contributed by atoms with Crippen LogP contribution in [-0.2, 0) is 0 Å². The van der Waals surface area contributed by atoms with Crippen molar-refractivity contribution < 1.29 is 0 Å². The molecule has 1 aromatic carbocycles. The Bertz CT molecular complexity index is 683. The van der Waals surface area contributed by atoms with Crippen LogP contribution in [0.15, 0.2) is 40.8 Å². The number of H-pyrrole nitrogens is 1. The lowest BCUT2D eigenvalue weighted by molar-refractivity contribution is 1.12. The molecule has 1 heterocycles. The SMILES string of the molecule is NS/C=C(\N)c1ccc(Cl)cc1-c1cc(=O)[nH]cn1. The summed E-state index contributed by atoms with van der Waals surface area (Å²) in [7, 11) is 0. The van der Waals surface area contributed by atoms with Crippen molar-refractivity contribution in [1.29, 1.82) is 0 Å². The molecule has 0 fully saturated rings. The van der Waals surface area contributed by atoms with E-state index in [0.29, 0.717) is 22.0 Å². The summed E-state index contributed by atoms with van der Waals surface area (Å²) >= 11 is 6.99. The highest BCUT2D eigenvalue weighted by atomic mass is 35.5. The topological polar surface area (TPSA) is 97.8 Å². The van der Waals surface area contributed by atoms with Gasteiger partial charge in [-0.05, 0) is 12.1 Å². The molecule has 0 aliphatic heterocycles. The molecule has 0 unspecified atom stereocenters. The minimum atomic E-state index is -0.244. The smallest absolute Gasteiger partial charge is 0.251 e. The van der Waals surface area contributed by atoms with Gasteiger partial charge in [0.05, 0.1) is 12.0 Å². The molecule has 5 nitrogen and oxygen atoms in total. The van der Waals surface area contributed by atoms with Crippen molar-refractivity contribution in [1.82, 2.24) is 9.97 Å². The van der Waals surface area contributed by atoms with Gasteiger partial charge in [0, 0.05) is 33.3 Å². The molecule has 1 aromatic heterocycles. The Labute approximate surface area is 118 Å². The molecule has 0 spiro atoms. The van der Waals surface area contributed by atoms with E-state index in [2.05, 4.69) is 9.97 Å². The lowest BCUT2D eigenvalue weighted by Crippen LogP contribution is -2.06. The third-order valence-corrected chi connectivity index (χ3v) is 3.07. The molecule has 0 saturated heterocycles. The number of nitrogens with two attached hydrogens (primary N) is 2. The fourth-order valence-electron chi connectivity index (χ4n) is 1.63. The van der Waals surface area contributed by atoms with Gasteiger partial charge in [0.1, 0.15) is 0 Å². The van der Waals surface area contributed by atoms with Gasteiger partial charge >= 0.3 is 0 Å². The maximum absolute atomic E-state index is 11.4. The van der Waals surface area contributed by atoms with Crippen molar-refractivity contribution in [3.63, 3.8) is 0 Å². The maximum atomic E-state index is 11.4. The van der Waals surface area contributed by atoms with Gasteiger partial charge in [-0.25, -0.2) is 4.98 Å². The molecular formula is C12H11ClN4OS. The Balaban J connectivity index is 2.64. The summed E-state index contributed by atoms with van der Waals surface area (Å²) in [6.07, 6.45) is 1.33. The molecule has 5 N–H and O–H groups in total. The van der Waals surface area contributed by atoms with Crippen LogP contribution in [0.4, 0.5) is 0 Å². The molecule has 19 heavy (non-hydrogen) atoms. The molecule has 0 bridgehead atoms. The number of aromatic amines is 1. The van der Waals surface area contributed by atoms with Gasteiger partial charge in [-0.15, -0.1) is 0 Å². The number of hydrogen-bond donors (Lipinski definition) is 3. The summed E-state index contributed by atoms with van der Waals surface area (Å²) in [5, 5.41) is 7.52. The first-order chi connectivity index (χ1) is 9.11. The predicted molar refractivity (Wildman–Crippen MR) is 79.2 cm³/mol. The van der Waals surface area contributed by atoms with Crippen LogP contribution >= 0.6 is 23.5 Å². The lowest BCUT2D eigenvalue weighted by Gasteiger charge is -2.09. The second-order valence-electron chi connectivity index (χ2n) is 3.70. The van der Waals surface area contributed by atoms with Crippen molar-refractivity contribution in [2.24, 2.45) is 10.9 Å². The van der Waals surface area contributed by atoms with Crippen LogP contribution in [0.3, 0.4) is 0 Å². The van der Waals surface area contributed by atoms with Crippen molar-refractivity contribution in [3.05, 3.63) is 56.9 Å². The van der Waals surface area contributed by atoms with E-state index in [1.54, 1.807) is 23.6 Å². The minimum absolute atomic E-state index is 0.244. The van der Waals surface area contributed by atoms with Crippen LogP contribution in [-0.4, -0.2) is 9.97 Å². The van der Waals surface area contributed by atoms with E-state index in [4.69, 9.17) is 22.5 Å². The largest absolute Gasteiger partial charge is 0.398 e. The Hall–Kier alpha value is -1.76. The molecule has 0 atom stereocenters. The van der Waals surface area contributed by atoms with E-state index in [1.807, 2.05) is 0 Å². The average molecular weight is 295 g/mol. The zero-order valence-corrected chi connectivity index (χ0v) is 11.3. The number of halogens is 1. The summed E-state index contributed by atoms with van der Waals surface area (Å²) in [6, 6.07) is 6.58. The predicted octanol–water partition coefficient (Wildman–Crippen LogP) is 1.95. The van der Waals surface area contributed by atoms with E-state index in [1.165, 1.54) is 12.4 Å². The highest BCUT2D eigenvalue weighted by molar-refractivity contribution is 8.00. The summed E-state index contributed by atoms with van der Waals surface area (Å²) in [6.45, 7) is 0. The number of rotatable bonds is 3. The van der Waals surface area contributed by atoms with Crippen molar-refractivity contribution in [2.75, 3.05) is 0 Å². The van der Waals surface area contributed by atoms with Crippen LogP contribution in [0.1, 0.15) is 5.56 Å². The number of aromatic nitrogens is 2. The first-order valence-electron chi connectivity index (χ1n) is 5.28. The Kier molecular flexibility index (Phi) is 4.26. The highest BCUT2D eigenvalue weighted by Gasteiger charge is 2.10. The quantitative estimate of drug-likeness (QED) is 0.752. The molecule has 98 valence electrons. The number of nitrogens with zero attached hydrogens (tertiary/aromatic N) is 1. The fraction of sp³-hybridized carbons (Fsp3) is 0. The highest BCUT2D eigenvalue weighted by Crippen LogP contribution is 2.28. The van der Waals surface area contributed by atoms with Gasteiger partial charge in [-0.2, -0.15) is 0 Å². The van der Waals surface area contributed by atoms with Crippen LogP contribution in [0.25, 0.3) is 17.0 Å². The van der Waals surface area contributed by atoms with E-state index in [-0.39, 0.29) is 5.56 Å². The third-order valence-electron chi connectivity index (χ3n) is 2.44. The maximum Gasteiger partial charge on any atom is 0.251 e. The Morgan fingerprint density at radius 1 is 1.42 bits per heavy atom. The van der Waals surface area contributed by atoms with E-state index in [0.717, 1.165) is 17.5 Å². The molecule has 0 aliphatic rings. The molecule has 2 rings (SSSR count). The van der Waals surface area contributed by atoms with Gasteiger partial charge in [0.15, 0.2) is 0 Å². The molecule has 0 aliphatic carbocycles. The van der Waals surface area contributed by atoms with Gasteiger partial charge in [0.2, 0.25) is 0 Å². The number of benzene rings is 1. The van der Waals surface area contributed by atoms with E-state index >= 15 is 0 Å². The van der Waals surface area contributed by atoms with Gasteiger partial charge in [0.25, 0.3) is 5.56 Å². The molecule has 0 saturated carbocycles. The summed E-state index contributed by atoms with van der Waals surface area (Å²) in [5.74, 6) is 0. The van der Waals surface area contributed by atoms with E-state index < -0.39 is 0 Å². The molecule has 0 amide bonds. The fourth-order valence-corrected chi connectivity index (χ4v) is 2.08. The van der Waals surface area contributed by atoms with Crippen LogP contribution < -0.4 is 16.4 Å². The zero-order valence-electron chi connectivity index (χ0n) is 9.76. The first-order valence-corrected chi connectivity index (χ1v) is 6.60.